The van der Waals surface area contributed by atoms with Crippen LogP contribution in [0, 0.1) is 5.92 Å². The summed E-state index contributed by atoms with van der Waals surface area (Å²) in [5.74, 6) is 0.609. The fourth-order valence-electron chi connectivity index (χ4n) is 1.82. The Morgan fingerprint density at radius 1 is 1.38 bits per heavy atom. The quantitative estimate of drug-likeness (QED) is 0.772. The van der Waals surface area contributed by atoms with E-state index in [1.165, 1.54) is 0 Å². The zero-order valence-electron chi connectivity index (χ0n) is 10.5. The molecule has 1 heterocycles. The lowest BCUT2D eigenvalue weighted by molar-refractivity contribution is 0.407. The lowest BCUT2D eigenvalue weighted by atomic mass is 9.95. The second-order valence-electron chi connectivity index (χ2n) is 4.12. The third-order valence-electron chi connectivity index (χ3n) is 3.06. The fourth-order valence-corrected chi connectivity index (χ4v) is 2.62. The normalized spacial score (nSPS) is 13.1. The van der Waals surface area contributed by atoms with Crippen molar-refractivity contribution in [1.29, 1.82) is 0 Å². The summed E-state index contributed by atoms with van der Waals surface area (Å²) < 4.78 is 0. The number of hydrogen-bond donors (Lipinski definition) is 2. The Morgan fingerprint density at radius 2 is 2.06 bits per heavy atom. The van der Waals surface area contributed by atoms with Crippen LogP contribution in [0.25, 0.3) is 0 Å². The van der Waals surface area contributed by atoms with E-state index in [0.29, 0.717) is 5.92 Å². The summed E-state index contributed by atoms with van der Waals surface area (Å²) in [6.45, 7) is 7.34. The van der Waals surface area contributed by atoms with Gasteiger partial charge in [-0.25, -0.2) is 4.98 Å². The largest absolute Gasteiger partial charge is 0.360 e. The van der Waals surface area contributed by atoms with Gasteiger partial charge in [0.2, 0.25) is 0 Å². The number of nitrogens with one attached hydrogen (secondary N) is 1. The van der Waals surface area contributed by atoms with E-state index in [9.17, 15) is 0 Å². The summed E-state index contributed by atoms with van der Waals surface area (Å²) in [7, 11) is 0. The van der Waals surface area contributed by atoms with Crippen LogP contribution >= 0.6 is 11.3 Å². The van der Waals surface area contributed by atoms with Crippen LogP contribution in [0.4, 0.5) is 5.13 Å². The number of hydrogen-bond acceptors (Lipinski definition) is 4. The van der Waals surface area contributed by atoms with Gasteiger partial charge in [-0.3, -0.25) is 0 Å². The minimum absolute atomic E-state index is 0.226. The highest BCUT2D eigenvalue weighted by Gasteiger charge is 2.13. The molecule has 0 saturated heterocycles. The summed E-state index contributed by atoms with van der Waals surface area (Å²) >= 11 is 1.67. The van der Waals surface area contributed by atoms with Crippen molar-refractivity contribution in [2.24, 2.45) is 11.7 Å². The van der Waals surface area contributed by atoms with Crippen molar-refractivity contribution in [2.75, 3.05) is 11.9 Å². The summed E-state index contributed by atoms with van der Waals surface area (Å²) in [5.41, 5.74) is 7.30. The molecule has 1 rings (SSSR count). The van der Waals surface area contributed by atoms with Crippen molar-refractivity contribution in [2.45, 2.75) is 46.1 Å². The van der Waals surface area contributed by atoms with Crippen molar-refractivity contribution in [3.8, 4) is 0 Å². The minimum atomic E-state index is 0.226. The second kappa shape index (κ2) is 6.86. The Bertz CT molecular complexity index is 294. The zero-order valence-corrected chi connectivity index (χ0v) is 11.3. The fraction of sp³-hybridized carbons (Fsp3) is 0.750. The highest BCUT2D eigenvalue weighted by atomic mass is 32.1. The van der Waals surface area contributed by atoms with Crippen LogP contribution in [0.15, 0.2) is 5.38 Å². The first-order valence-corrected chi connectivity index (χ1v) is 7.03. The molecule has 0 aromatic carbocycles. The third kappa shape index (κ3) is 3.76. The predicted molar refractivity (Wildman–Crippen MR) is 72.0 cm³/mol. The lowest BCUT2D eigenvalue weighted by Crippen LogP contribution is -2.36. The smallest absolute Gasteiger partial charge is 0.182 e. The first kappa shape index (κ1) is 13.5. The standard InChI is InChI=1S/C12H23N3S/c1-4-9(5-2)11(13)7-14-12-15-10(6-3)8-16-12/h8-9,11H,4-7,13H2,1-3H3,(H,14,15). The van der Waals surface area contributed by atoms with Gasteiger partial charge in [0.05, 0.1) is 5.69 Å². The Balaban J connectivity index is 2.38. The molecule has 3 nitrogen and oxygen atoms in total. The van der Waals surface area contributed by atoms with E-state index < -0.39 is 0 Å². The molecule has 0 bridgehead atoms. The summed E-state index contributed by atoms with van der Waals surface area (Å²) in [5, 5.41) is 6.43. The van der Waals surface area contributed by atoms with Crippen molar-refractivity contribution in [3.05, 3.63) is 11.1 Å². The molecule has 92 valence electrons. The molecule has 4 heteroatoms. The van der Waals surface area contributed by atoms with Crippen molar-refractivity contribution >= 4 is 16.5 Å². The first-order valence-electron chi connectivity index (χ1n) is 6.15. The SMILES string of the molecule is CCc1csc(NCC(N)C(CC)CC)n1. The molecule has 1 unspecified atom stereocenters. The number of anilines is 1. The number of thiazole rings is 1. The Hall–Kier alpha value is -0.610. The van der Waals surface area contributed by atoms with Crippen LogP contribution in [0.1, 0.15) is 39.3 Å². The van der Waals surface area contributed by atoms with Gasteiger partial charge in [0.15, 0.2) is 5.13 Å². The zero-order chi connectivity index (χ0) is 12.0. The van der Waals surface area contributed by atoms with Crippen LogP contribution in [0.5, 0.6) is 0 Å². The van der Waals surface area contributed by atoms with Gasteiger partial charge in [0.1, 0.15) is 0 Å². The van der Waals surface area contributed by atoms with Crippen LogP contribution in [-0.4, -0.2) is 17.6 Å². The van der Waals surface area contributed by atoms with Crippen molar-refractivity contribution < 1.29 is 0 Å². The third-order valence-corrected chi connectivity index (χ3v) is 3.91. The van der Waals surface area contributed by atoms with Crippen LogP contribution < -0.4 is 11.1 Å². The van der Waals surface area contributed by atoms with E-state index in [4.69, 9.17) is 5.73 Å². The summed E-state index contributed by atoms with van der Waals surface area (Å²) in [6.07, 6.45) is 3.30. The number of nitrogens with two attached hydrogens (primary N) is 1. The van der Waals surface area contributed by atoms with E-state index in [2.05, 4.69) is 36.5 Å². The number of rotatable bonds is 7. The maximum Gasteiger partial charge on any atom is 0.182 e. The first-order chi connectivity index (χ1) is 7.71. The Morgan fingerprint density at radius 3 is 2.56 bits per heavy atom. The number of nitrogens with zero attached hydrogens (tertiary/aromatic N) is 1. The van der Waals surface area contributed by atoms with Crippen LogP contribution in [0.3, 0.4) is 0 Å². The molecule has 0 saturated carbocycles. The molecule has 0 radical (unpaired) electrons. The molecular weight excluding hydrogens is 218 g/mol. The van der Waals surface area contributed by atoms with E-state index in [1.54, 1.807) is 11.3 Å². The maximum atomic E-state index is 6.14. The molecule has 0 spiro atoms. The van der Waals surface area contributed by atoms with E-state index in [1.807, 2.05) is 0 Å². The molecule has 1 atom stereocenters. The molecule has 3 N–H and O–H groups in total. The van der Waals surface area contributed by atoms with Gasteiger partial charge in [0, 0.05) is 18.0 Å². The molecule has 0 amide bonds. The van der Waals surface area contributed by atoms with Gasteiger partial charge in [-0.2, -0.15) is 0 Å². The lowest BCUT2D eigenvalue weighted by Gasteiger charge is -2.21. The van der Waals surface area contributed by atoms with E-state index in [-0.39, 0.29) is 6.04 Å². The maximum absolute atomic E-state index is 6.14. The molecule has 0 aliphatic carbocycles. The predicted octanol–water partition coefficient (Wildman–Crippen LogP) is 2.88. The Labute approximate surface area is 102 Å². The van der Waals surface area contributed by atoms with E-state index >= 15 is 0 Å². The minimum Gasteiger partial charge on any atom is -0.360 e. The average Bonchev–Trinajstić information content (AvgIpc) is 2.76. The van der Waals surface area contributed by atoms with Gasteiger partial charge >= 0.3 is 0 Å². The molecule has 0 aliphatic heterocycles. The second-order valence-corrected chi connectivity index (χ2v) is 4.98. The van der Waals surface area contributed by atoms with Crippen molar-refractivity contribution in [3.63, 3.8) is 0 Å². The topological polar surface area (TPSA) is 50.9 Å². The van der Waals surface area contributed by atoms with Crippen molar-refractivity contribution in [1.82, 2.24) is 4.98 Å². The van der Waals surface area contributed by atoms with Gasteiger partial charge < -0.3 is 11.1 Å². The van der Waals surface area contributed by atoms with Gasteiger partial charge in [-0.15, -0.1) is 11.3 Å². The summed E-state index contributed by atoms with van der Waals surface area (Å²) in [6, 6.07) is 0.226. The molecule has 1 aromatic rings. The highest BCUT2D eigenvalue weighted by Crippen LogP contribution is 2.17. The van der Waals surface area contributed by atoms with Gasteiger partial charge in [-0.1, -0.05) is 33.6 Å². The number of aryl methyl sites for hydroxylation is 1. The monoisotopic (exact) mass is 241 g/mol. The van der Waals surface area contributed by atoms with Crippen LogP contribution in [-0.2, 0) is 6.42 Å². The van der Waals surface area contributed by atoms with Gasteiger partial charge in [0.25, 0.3) is 0 Å². The summed E-state index contributed by atoms with van der Waals surface area (Å²) in [4.78, 5) is 4.46. The van der Waals surface area contributed by atoms with Crippen LogP contribution in [0.2, 0.25) is 0 Å². The molecule has 1 aromatic heterocycles. The number of aromatic nitrogens is 1. The molecule has 0 aliphatic rings. The van der Waals surface area contributed by atoms with Gasteiger partial charge in [-0.05, 0) is 12.3 Å². The highest BCUT2D eigenvalue weighted by molar-refractivity contribution is 7.13. The average molecular weight is 241 g/mol. The Kier molecular flexibility index (Phi) is 5.77. The molecule has 16 heavy (non-hydrogen) atoms. The molecule has 0 fully saturated rings. The molecular formula is C12H23N3S. The van der Waals surface area contributed by atoms with E-state index in [0.717, 1.165) is 36.6 Å².